The predicted molar refractivity (Wildman–Crippen MR) is 100 cm³/mol. The van der Waals surface area contributed by atoms with Crippen molar-refractivity contribution in [3.05, 3.63) is 59.2 Å². The topological polar surface area (TPSA) is 75.3 Å². The van der Waals surface area contributed by atoms with Crippen molar-refractivity contribution < 1.29 is 13.2 Å². The number of aryl methyl sites for hydroxylation is 2. The minimum atomic E-state index is -3.61. The quantitative estimate of drug-likeness (QED) is 0.874. The fourth-order valence-electron chi connectivity index (χ4n) is 2.27. The number of sulfonamides is 1. The van der Waals surface area contributed by atoms with Crippen molar-refractivity contribution in [2.75, 3.05) is 5.32 Å². The molecule has 2 aromatic rings. The highest BCUT2D eigenvalue weighted by atomic mass is 32.2. The highest BCUT2D eigenvalue weighted by molar-refractivity contribution is 7.89. The summed E-state index contributed by atoms with van der Waals surface area (Å²) in [7, 11) is -3.61. The molecule has 2 aromatic carbocycles. The number of benzene rings is 2. The van der Waals surface area contributed by atoms with Crippen molar-refractivity contribution in [3.8, 4) is 0 Å². The molecule has 25 heavy (non-hydrogen) atoms. The summed E-state index contributed by atoms with van der Waals surface area (Å²) in [4.78, 5) is 12.5. The van der Waals surface area contributed by atoms with Crippen LogP contribution in [0.2, 0.25) is 0 Å². The number of hydrogen-bond donors (Lipinski definition) is 2. The summed E-state index contributed by atoms with van der Waals surface area (Å²) in [5, 5.41) is 2.82. The van der Waals surface area contributed by atoms with E-state index in [1.807, 2.05) is 32.0 Å². The molecule has 5 nitrogen and oxygen atoms in total. The minimum absolute atomic E-state index is 0.130. The Morgan fingerprint density at radius 2 is 1.52 bits per heavy atom. The maximum absolute atomic E-state index is 12.3. The Morgan fingerprint density at radius 3 is 2.04 bits per heavy atom. The molecule has 0 aromatic heterocycles. The van der Waals surface area contributed by atoms with Gasteiger partial charge in [0.25, 0.3) is 5.91 Å². The zero-order valence-corrected chi connectivity index (χ0v) is 16.0. The molecule has 0 saturated heterocycles. The second kappa shape index (κ2) is 6.98. The summed E-state index contributed by atoms with van der Waals surface area (Å²) in [6.07, 6.45) is 0. The normalized spacial score (nSPS) is 12.0. The maximum atomic E-state index is 12.3. The third-order valence-electron chi connectivity index (χ3n) is 3.63. The van der Waals surface area contributed by atoms with E-state index in [0.717, 1.165) is 11.1 Å². The van der Waals surface area contributed by atoms with E-state index in [-0.39, 0.29) is 10.8 Å². The summed E-state index contributed by atoms with van der Waals surface area (Å²) in [6, 6.07) is 11.6. The highest BCUT2D eigenvalue weighted by Crippen LogP contribution is 2.17. The van der Waals surface area contributed by atoms with Gasteiger partial charge in [0.05, 0.1) is 4.90 Å². The predicted octanol–water partition coefficient (Wildman–Crippen LogP) is 3.63. The first-order chi connectivity index (χ1) is 11.5. The lowest BCUT2D eigenvalue weighted by Gasteiger charge is -2.20. The van der Waals surface area contributed by atoms with Crippen LogP contribution in [0.3, 0.4) is 0 Å². The average molecular weight is 360 g/mol. The molecule has 6 heteroatoms. The van der Waals surface area contributed by atoms with Crippen molar-refractivity contribution >= 4 is 21.6 Å². The van der Waals surface area contributed by atoms with Crippen LogP contribution < -0.4 is 10.0 Å². The second-order valence-electron chi connectivity index (χ2n) is 7.13. The minimum Gasteiger partial charge on any atom is -0.322 e. The van der Waals surface area contributed by atoms with Gasteiger partial charge in [-0.15, -0.1) is 0 Å². The zero-order valence-electron chi connectivity index (χ0n) is 15.2. The SMILES string of the molecule is Cc1ccc(NC(=O)c2ccc(S(=O)(=O)NC(C)(C)C)cc2)cc1C. The lowest BCUT2D eigenvalue weighted by atomic mass is 10.1. The Balaban J connectivity index is 2.16. The van der Waals surface area contributed by atoms with Crippen molar-refractivity contribution in [2.45, 2.75) is 45.1 Å². The number of anilines is 1. The van der Waals surface area contributed by atoms with Crippen LogP contribution in [0.15, 0.2) is 47.4 Å². The lowest BCUT2D eigenvalue weighted by Crippen LogP contribution is -2.40. The molecule has 134 valence electrons. The van der Waals surface area contributed by atoms with Crippen LogP contribution in [-0.4, -0.2) is 19.9 Å². The summed E-state index contributed by atoms with van der Waals surface area (Å²) in [5.74, 6) is -0.281. The fourth-order valence-corrected chi connectivity index (χ4v) is 3.69. The van der Waals surface area contributed by atoms with Crippen LogP contribution in [0.5, 0.6) is 0 Å². The number of rotatable bonds is 4. The molecule has 0 aliphatic heterocycles. The molecule has 0 spiro atoms. The van der Waals surface area contributed by atoms with E-state index >= 15 is 0 Å². The van der Waals surface area contributed by atoms with E-state index in [1.54, 1.807) is 20.8 Å². The first kappa shape index (κ1) is 19.1. The standard InChI is InChI=1S/C19H24N2O3S/c1-13-6-9-16(12-14(13)2)20-18(22)15-7-10-17(11-8-15)25(23,24)21-19(3,4)5/h6-12,21H,1-5H3,(H,20,22). The Bertz CT molecular complexity index is 880. The molecule has 0 atom stereocenters. The molecule has 0 aliphatic rings. The van der Waals surface area contributed by atoms with E-state index in [9.17, 15) is 13.2 Å². The average Bonchev–Trinajstić information content (AvgIpc) is 2.49. The van der Waals surface area contributed by atoms with Gasteiger partial charge in [0.1, 0.15) is 0 Å². The van der Waals surface area contributed by atoms with Gasteiger partial charge in [-0.3, -0.25) is 4.79 Å². The molecule has 0 fully saturated rings. The van der Waals surface area contributed by atoms with Crippen LogP contribution >= 0.6 is 0 Å². The molecule has 0 radical (unpaired) electrons. The van der Waals surface area contributed by atoms with Crippen LogP contribution in [0.25, 0.3) is 0 Å². The van der Waals surface area contributed by atoms with Gasteiger partial charge in [-0.05, 0) is 82.1 Å². The van der Waals surface area contributed by atoms with Gasteiger partial charge in [0, 0.05) is 16.8 Å². The van der Waals surface area contributed by atoms with Crippen molar-refractivity contribution in [2.24, 2.45) is 0 Å². The van der Waals surface area contributed by atoms with E-state index in [2.05, 4.69) is 10.0 Å². The Kier molecular flexibility index (Phi) is 5.34. The Morgan fingerprint density at radius 1 is 0.920 bits per heavy atom. The van der Waals surface area contributed by atoms with E-state index in [0.29, 0.717) is 11.3 Å². The van der Waals surface area contributed by atoms with E-state index < -0.39 is 15.6 Å². The first-order valence-electron chi connectivity index (χ1n) is 8.01. The molecule has 2 N–H and O–H groups in total. The van der Waals surface area contributed by atoms with Gasteiger partial charge in [0.2, 0.25) is 10.0 Å². The molecule has 2 rings (SSSR count). The van der Waals surface area contributed by atoms with Crippen LogP contribution in [0, 0.1) is 13.8 Å². The molecular weight excluding hydrogens is 336 g/mol. The summed E-state index contributed by atoms with van der Waals surface area (Å²) in [6.45, 7) is 9.31. The third-order valence-corrected chi connectivity index (χ3v) is 5.41. The molecule has 0 aliphatic carbocycles. The van der Waals surface area contributed by atoms with E-state index in [4.69, 9.17) is 0 Å². The van der Waals surface area contributed by atoms with Gasteiger partial charge >= 0.3 is 0 Å². The van der Waals surface area contributed by atoms with Gasteiger partial charge in [-0.25, -0.2) is 13.1 Å². The third kappa shape index (κ3) is 5.14. The lowest BCUT2D eigenvalue weighted by molar-refractivity contribution is 0.102. The van der Waals surface area contributed by atoms with Gasteiger partial charge < -0.3 is 5.32 Å². The summed E-state index contributed by atoms with van der Waals surface area (Å²) >= 11 is 0. The maximum Gasteiger partial charge on any atom is 0.255 e. The molecule has 1 amide bonds. The fraction of sp³-hybridized carbons (Fsp3) is 0.316. The van der Waals surface area contributed by atoms with E-state index in [1.165, 1.54) is 24.3 Å². The molecular formula is C19H24N2O3S. The van der Waals surface area contributed by atoms with Gasteiger partial charge in [-0.2, -0.15) is 0 Å². The van der Waals surface area contributed by atoms with Gasteiger partial charge in [-0.1, -0.05) is 6.07 Å². The molecule has 0 bridgehead atoms. The van der Waals surface area contributed by atoms with Crippen LogP contribution in [0.1, 0.15) is 42.3 Å². The number of hydrogen-bond acceptors (Lipinski definition) is 3. The molecule has 0 unspecified atom stereocenters. The summed E-state index contributed by atoms with van der Waals surface area (Å²) in [5.41, 5.74) is 2.77. The number of carbonyl (C=O) groups excluding carboxylic acids is 1. The molecule has 0 saturated carbocycles. The highest BCUT2D eigenvalue weighted by Gasteiger charge is 2.22. The number of amides is 1. The van der Waals surface area contributed by atoms with Crippen LogP contribution in [0.4, 0.5) is 5.69 Å². The first-order valence-corrected chi connectivity index (χ1v) is 9.49. The van der Waals surface area contributed by atoms with Crippen molar-refractivity contribution in [1.82, 2.24) is 4.72 Å². The smallest absolute Gasteiger partial charge is 0.255 e. The monoisotopic (exact) mass is 360 g/mol. The largest absolute Gasteiger partial charge is 0.322 e. The molecule has 0 heterocycles. The number of nitrogens with one attached hydrogen (secondary N) is 2. The van der Waals surface area contributed by atoms with Crippen molar-refractivity contribution in [3.63, 3.8) is 0 Å². The van der Waals surface area contributed by atoms with Crippen molar-refractivity contribution in [1.29, 1.82) is 0 Å². The zero-order chi connectivity index (χ0) is 18.8. The number of carbonyl (C=O) groups is 1. The van der Waals surface area contributed by atoms with Crippen LogP contribution in [-0.2, 0) is 10.0 Å². The van der Waals surface area contributed by atoms with Gasteiger partial charge in [0.15, 0.2) is 0 Å². The Hall–Kier alpha value is -2.18. The second-order valence-corrected chi connectivity index (χ2v) is 8.82. The Labute approximate surface area is 149 Å². The summed E-state index contributed by atoms with van der Waals surface area (Å²) < 4.78 is 27.1.